The molecule has 1 atom stereocenters. The van der Waals surface area contributed by atoms with Crippen molar-refractivity contribution in [2.75, 3.05) is 13.2 Å². The van der Waals surface area contributed by atoms with Crippen LogP contribution in [0.4, 0.5) is 0 Å². The van der Waals surface area contributed by atoms with Gasteiger partial charge in [-0.3, -0.25) is 9.78 Å². The highest BCUT2D eigenvalue weighted by atomic mass is 16.5. The van der Waals surface area contributed by atoms with Crippen molar-refractivity contribution in [3.8, 4) is 0 Å². The van der Waals surface area contributed by atoms with Crippen LogP contribution in [0.25, 0.3) is 10.9 Å². The number of esters is 2. The van der Waals surface area contributed by atoms with Gasteiger partial charge in [0.25, 0.3) is 0 Å². The summed E-state index contributed by atoms with van der Waals surface area (Å²) < 4.78 is 10.7. The Morgan fingerprint density at radius 3 is 2.44 bits per heavy atom. The van der Waals surface area contributed by atoms with Crippen molar-refractivity contribution in [1.82, 2.24) is 9.97 Å². The number of hydrogen-bond acceptors (Lipinski definition) is 6. The minimum absolute atomic E-state index is 0.0973. The zero-order valence-corrected chi connectivity index (χ0v) is 21.9. The lowest BCUT2D eigenvalue weighted by Crippen LogP contribution is -2.29. The highest BCUT2D eigenvalue weighted by Crippen LogP contribution is 2.39. The fraction of sp³-hybridized carbons (Fsp3) is 0.448. The Labute approximate surface area is 211 Å². The van der Waals surface area contributed by atoms with Gasteiger partial charge in [0, 0.05) is 16.8 Å². The molecule has 1 aromatic carbocycles. The summed E-state index contributed by atoms with van der Waals surface area (Å²) in [4.78, 5) is 46.6. The molecule has 3 aromatic rings. The number of nitrogens with one attached hydrogen (secondary N) is 1. The minimum atomic E-state index is -0.528. The third kappa shape index (κ3) is 4.79. The lowest BCUT2D eigenvalue weighted by molar-refractivity contribution is 0.0471. The molecule has 0 bridgehead atoms. The van der Waals surface area contributed by atoms with Crippen LogP contribution < -0.4 is 0 Å². The number of benzene rings is 1. The van der Waals surface area contributed by atoms with Crippen LogP contribution in [-0.2, 0) is 22.3 Å². The van der Waals surface area contributed by atoms with Gasteiger partial charge in [0.1, 0.15) is 0 Å². The number of ether oxygens (including phenoxy) is 2. The zero-order chi connectivity index (χ0) is 26.2. The number of carbonyl (C=O) groups excluding carboxylic acids is 3. The first kappa shape index (κ1) is 25.6. The molecule has 1 unspecified atom stereocenters. The first-order chi connectivity index (χ1) is 17.0. The molecule has 0 spiro atoms. The Morgan fingerprint density at radius 2 is 1.75 bits per heavy atom. The van der Waals surface area contributed by atoms with Gasteiger partial charge < -0.3 is 14.5 Å². The highest BCUT2D eigenvalue weighted by molar-refractivity contribution is 6.07. The van der Waals surface area contributed by atoms with E-state index in [9.17, 15) is 14.4 Å². The summed E-state index contributed by atoms with van der Waals surface area (Å²) in [6.07, 6.45) is 2.56. The van der Waals surface area contributed by atoms with Crippen LogP contribution >= 0.6 is 0 Å². The molecule has 0 aliphatic heterocycles. The van der Waals surface area contributed by atoms with Gasteiger partial charge in [-0.15, -0.1) is 0 Å². The summed E-state index contributed by atoms with van der Waals surface area (Å²) >= 11 is 0. The second kappa shape index (κ2) is 9.88. The number of nitrogens with zero attached hydrogens (tertiary/aromatic N) is 1. The van der Waals surface area contributed by atoms with Crippen LogP contribution in [-0.4, -0.2) is 40.9 Å². The number of H-pyrrole nitrogens is 1. The van der Waals surface area contributed by atoms with Gasteiger partial charge in [-0.25, -0.2) is 9.59 Å². The molecule has 0 fully saturated rings. The van der Waals surface area contributed by atoms with Crippen molar-refractivity contribution < 1.29 is 23.9 Å². The van der Waals surface area contributed by atoms with E-state index in [0.717, 1.165) is 41.4 Å². The summed E-state index contributed by atoms with van der Waals surface area (Å²) in [7, 11) is 0. The van der Waals surface area contributed by atoms with Gasteiger partial charge >= 0.3 is 11.9 Å². The predicted octanol–water partition coefficient (Wildman–Crippen LogP) is 5.55. The molecule has 190 valence electrons. The average Bonchev–Trinajstić information content (AvgIpc) is 3.13. The van der Waals surface area contributed by atoms with Crippen LogP contribution in [0.5, 0.6) is 0 Å². The van der Waals surface area contributed by atoms with E-state index in [0.29, 0.717) is 28.3 Å². The van der Waals surface area contributed by atoms with Gasteiger partial charge in [-0.1, -0.05) is 39.0 Å². The van der Waals surface area contributed by atoms with Gasteiger partial charge in [-0.05, 0) is 68.6 Å². The molecule has 4 rings (SSSR count). The van der Waals surface area contributed by atoms with E-state index in [2.05, 4.69) is 25.8 Å². The van der Waals surface area contributed by atoms with Crippen LogP contribution in [0.15, 0.2) is 24.3 Å². The van der Waals surface area contributed by atoms with E-state index >= 15 is 0 Å². The maximum atomic E-state index is 13.5. The van der Waals surface area contributed by atoms with E-state index in [-0.39, 0.29) is 17.7 Å². The number of carbonyl (C=O) groups is 3. The smallest absolute Gasteiger partial charge is 0.340 e. The van der Waals surface area contributed by atoms with E-state index in [1.165, 1.54) is 0 Å². The van der Waals surface area contributed by atoms with Gasteiger partial charge in [0.05, 0.1) is 28.9 Å². The van der Waals surface area contributed by atoms with Crippen LogP contribution in [0.3, 0.4) is 0 Å². The number of pyridine rings is 1. The third-order valence-corrected chi connectivity index (χ3v) is 7.22. The predicted molar refractivity (Wildman–Crippen MR) is 138 cm³/mol. The van der Waals surface area contributed by atoms with Gasteiger partial charge in [0.15, 0.2) is 6.61 Å². The molecular formula is C29H34N2O5. The highest BCUT2D eigenvalue weighted by Gasteiger charge is 2.33. The van der Waals surface area contributed by atoms with Crippen molar-refractivity contribution in [3.63, 3.8) is 0 Å². The molecule has 1 N–H and O–H groups in total. The summed E-state index contributed by atoms with van der Waals surface area (Å²) in [6, 6.07) is 7.56. The number of aromatic amines is 1. The molecule has 2 heterocycles. The van der Waals surface area contributed by atoms with Crippen molar-refractivity contribution >= 4 is 28.6 Å². The number of para-hydroxylation sites is 1. The van der Waals surface area contributed by atoms with Crippen LogP contribution in [0.2, 0.25) is 0 Å². The summed E-state index contributed by atoms with van der Waals surface area (Å²) in [5.41, 5.74) is 4.83. The SMILES string of the molecule is CCOC(=O)c1c(C)[nH]c(C(=O)COC(=O)c2c3c(nc4ccccc24)CCC(C(C)(C)C)C3)c1C. The maximum absolute atomic E-state index is 13.5. The standard InChI is InChI=1S/C29H34N2O5/c1-7-35-27(33)24-16(2)26(30-17(24)3)23(32)15-36-28(34)25-19-10-8-9-11-21(19)31-22-13-12-18(14-20(22)25)29(4,5)6/h8-11,18,30H,7,12-15H2,1-6H3. The second-order valence-electron chi connectivity index (χ2n) is 10.6. The number of hydrogen-bond donors (Lipinski definition) is 1. The summed E-state index contributed by atoms with van der Waals surface area (Å²) in [5, 5.41) is 0.736. The molecule has 36 heavy (non-hydrogen) atoms. The molecule has 1 aliphatic rings. The van der Waals surface area contributed by atoms with Crippen molar-refractivity contribution in [1.29, 1.82) is 0 Å². The Balaban J connectivity index is 1.63. The monoisotopic (exact) mass is 490 g/mol. The fourth-order valence-electron chi connectivity index (χ4n) is 5.17. The molecule has 0 saturated carbocycles. The number of ketones is 1. The molecule has 7 heteroatoms. The number of aryl methyl sites for hydroxylation is 2. The Morgan fingerprint density at radius 1 is 1.06 bits per heavy atom. The van der Waals surface area contributed by atoms with E-state index in [1.807, 2.05) is 24.3 Å². The lowest BCUT2D eigenvalue weighted by atomic mass is 9.70. The van der Waals surface area contributed by atoms with Gasteiger partial charge in [0.2, 0.25) is 5.78 Å². The van der Waals surface area contributed by atoms with E-state index < -0.39 is 24.3 Å². The summed E-state index contributed by atoms with van der Waals surface area (Å²) in [6.45, 7) is 11.6. The number of Topliss-reactive ketones (excluding diaryl/α,β-unsaturated/α-hetero) is 1. The number of fused-ring (bicyclic) bond motifs is 2. The largest absolute Gasteiger partial charge is 0.462 e. The molecule has 0 radical (unpaired) electrons. The third-order valence-electron chi connectivity index (χ3n) is 7.22. The van der Waals surface area contributed by atoms with Crippen molar-refractivity contribution in [2.24, 2.45) is 11.3 Å². The zero-order valence-electron chi connectivity index (χ0n) is 21.9. The Hall–Kier alpha value is -3.48. The van der Waals surface area contributed by atoms with Gasteiger partial charge in [-0.2, -0.15) is 0 Å². The van der Waals surface area contributed by atoms with Crippen LogP contribution in [0.1, 0.15) is 87.8 Å². The first-order valence-electron chi connectivity index (χ1n) is 12.5. The average molecular weight is 491 g/mol. The van der Waals surface area contributed by atoms with Crippen molar-refractivity contribution in [2.45, 2.75) is 60.8 Å². The molecular weight excluding hydrogens is 456 g/mol. The fourth-order valence-corrected chi connectivity index (χ4v) is 5.17. The topological polar surface area (TPSA) is 98.4 Å². The van der Waals surface area contributed by atoms with E-state index in [1.54, 1.807) is 20.8 Å². The number of aromatic nitrogens is 2. The lowest BCUT2D eigenvalue weighted by Gasteiger charge is -2.35. The Bertz CT molecular complexity index is 1350. The maximum Gasteiger partial charge on any atom is 0.340 e. The van der Waals surface area contributed by atoms with Crippen molar-refractivity contribution in [3.05, 3.63) is 63.6 Å². The molecule has 7 nitrogen and oxygen atoms in total. The molecule has 0 amide bonds. The van der Waals surface area contributed by atoms with Crippen LogP contribution in [0, 0.1) is 25.2 Å². The first-order valence-corrected chi connectivity index (χ1v) is 12.5. The quantitative estimate of drug-likeness (QED) is 0.359. The molecule has 0 saturated heterocycles. The second-order valence-corrected chi connectivity index (χ2v) is 10.6. The van der Waals surface area contributed by atoms with E-state index in [4.69, 9.17) is 14.5 Å². The normalized spacial score (nSPS) is 15.4. The number of rotatable bonds is 6. The molecule has 1 aliphatic carbocycles. The molecule has 2 aromatic heterocycles. The summed E-state index contributed by atoms with van der Waals surface area (Å²) in [5.74, 6) is -1.01. The Kier molecular flexibility index (Phi) is 7.03. The minimum Gasteiger partial charge on any atom is -0.462 e.